The van der Waals surface area contributed by atoms with Gasteiger partial charge in [0.1, 0.15) is 17.8 Å². The molecule has 4 N–H and O–H groups in total. The van der Waals surface area contributed by atoms with Crippen molar-refractivity contribution in [3.05, 3.63) is 70.3 Å². The zero-order valence-electron chi connectivity index (χ0n) is 18.5. The molecule has 2 aromatic carbocycles. The Hall–Kier alpha value is -3.60. The molecule has 10 nitrogen and oxygen atoms in total. The zero-order chi connectivity index (χ0) is 24.0. The Bertz CT molecular complexity index is 1450. The number of nitrogens with one attached hydrogen (secondary N) is 2. The van der Waals surface area contributed by atoms with E-state index < -0.39 is 41.0 Å². The van der Waals surface area contributed by atoms with E-state index in [2.05, 4.69) is 15.6 Å². The van der Waals surface area contributed by atoms with Crippen molar-refractivity contribution in [2.45, 2.75) is 49.8 Å². The molecule has 1 fully saturated rings. The number of rotatable bonds is 2. The van der Waals surface area contributed by atoms with E-state index in [4.69, 9.17) is 0 Å². The Morgan fingerprint density at radius 2 is 1.76 bits per heavy atom. The van der Waals surface area contributed by atoms with E-state index in [0.29, 0.717) is 22.2 Å². The highest BCUT2D eigenvalue weighted by molar-refractivity contribution is 6.02. The maximum atomic E-state index is 13.5. The average molecular weight is 461 g/mol. The second kappa shape index (κ2) is 6.72. The van der Waals surface area contributed by atoms with Gasteiger partial charge in [0.2, 0.25) is 11.8 Å². The lowest BCUT2D eigenvalue weighted by atomic mass is 9.85. The first kappa shape index (κ1) is 21.0. The molecule has 0 saturated carbocycles. The Labute approximate surface area is 193 Å². The number of amides is 2. The lowest BCUT2D eigenvalue weighted by Crippen LogP contribution is -2.59. The standard InChI is InChI=1S/C24H23N5O5/c1-12-19(31)28-16-10-6-4-8-14(16)24(34,22(28)25-12)11-17-18(30)27-23(2,33)21-26-15-9-5-3-7-13(15)20(32)29(17)21/h3-10,12,17,22,25,33-34H,11H2,1-2H3,(H,27,30)/t12-,17+,22-,23+,24-/m0/s1. The minimum absolute atomic E-state index is 0.0173. The van der Waals surface area contributed by atoms with Crippen LogP contribution in [0, 0.1) is 0 Å². The van der Waals surface area contributed by atoms with Crippen LogP contribution in [0.2, 0.25) is 0 Å². The van der Waals surface area contributed by atoms with Gasteiger partial charge in [0, 0.05) is 12.0 Å². The Balaban J connectivity index is 1.54. The molecule has 4 heterocycles. The van der Waals surface area contributed by atoms with Crippen molar-refractivity contribution in [3.63, 3.8) is 0 Å². The van der Waals surface area contributed by atoms with E-state index >= 15 is 0 Å². The highest BCUT2D eigenvalue weighted by Crippen LogP contribution is 2.49. The molecule has 1 saturated heterocycles. The van der Waals surface area contributed by atoms with Crippen LogP contribution in [-0.2, 0) is 20.9 Å². The van der Waals surface area contributed by atoms with Gasteiger partial charge in [0.05, 0.1) is 22.6 Å². The van der Waals surface area contributed by atoms with Gasteiger partial charge in [0.25, 0.3) is 5.56 Å². The number of fused-ring (bicyclic) bond motifs is 5. The summed E-state index contributed by atoms with van der Waals surface area (Å²) in [4.78, 5) is 45.6. The fourth-order valence-corrected chi connectivity index (χ4v) is 5.50. The summed E-state index contributed by atoms with van der Waals surface area (Å²) in [5.41, 5.74) is -2.61. The third kappa shape index (κ3) is 2.61. The molecule has 0 aliphatic carbocycles. The third-order valence-corrected chi connectivity index (χ3v) is 7.08. The molecule has 1 aromatic heterocycles. The second-order valence-electron chi connectivity index (χ2n) is 9.35. The van der Waals surface area contributed by atoms with Gasteiger partial charge in [-0.2, -0.15) is 0 Å². The predicted octanol–water partition coefficient (Wildman–Crippen LogP) is 0.175. The number of carbonyl (C=O) groups excluding carboxylic acids is 2. The topological polar surface area (TPSA) is 137 Å². The molecule has 174 valence electrons. The predicted molar refractivity (Wildman–Crippen MR) is 122 cm³/mol. The summed E-state index contributed by atoms with van der Waals surface area (Å²) in [7, 11) is 0. The summed E-state index contributed by atoms with van der Waals surface area (Å²) in [6.07, 6.45) is -1.03. The van der Waals surface area contributed by atoms with Gasteiger partial charge in [-0.3, -0.25) is 29.2 Å². The van der Waals surface area contributed by atoms with Crippen molar-refractivity contribution in [1.29, 1.82) is 0 Å². The normalized spacial score (nSPS) is 31.9. The van der Waals surface area contributed by atoms with Crippen molar-refractivity contribution in [3.8, 4) is 0 Å². The van der Waals surface area contributed by atoms with E-state index in [9.17, 15) is 24.6 Å². The molecule has 5 atom stereocenters. The van der Waals surface area contributed by atoms with Crippen LogP contribution in [0.5, 0.6) is 0 Å². The number of benzene rings is 2. The monoisotopic (exact) mass is 461 g/mol. The summed E-state index contributed by atoms with van der Waals surface area (Å²) in [6, 6.07) is 12.0. The van der Waals surface area contributed by atoms with Crippen molar-refractivity contribution >= 4 is 28.4 Å². The van der Waals surface area contributed by atoms with E-state index in [1.54, 1.807) is 55.5 Å². The molecule has 3 aromatic rings. The van der Waals surface area contributed by atoms with Gasteiger partial charge in [-0.15, -0.1) is 0 Å². The largest absolute Gasteiger partial charge is 0.381 e. The van der Waals surface area contributed by atoms with Gasteiger partial charge in [0.15, 0.2) is 11.5 Å². The van der Waals surface area contributed by atoms with Crippen LogP contribution >= 0.6 is 0 Å². The minimum atomic E-state index is -1.88. The number of nitrogens with zero attached hydrogens (tertiary/aromatic N) is 3. The molecule has 34 heavy (non-hydrogen) atoms. The van der Waals surface area contributed by atoms with Gasteiger partial charge in [-0.05, 0) is 32.0 Å². The lowest BCUT2D eigenvalue weighted by molar-refractivity contribution is -0.140. The Morgan fingerprint density at radius 1 is 1.06 bits per heavy atom. The molecule has 0 radical (unpaired) electrons. The van der Waals surface area contributed by atoms with Crippen molar-refractivity contribution in [2.75, 3.05) is 4.90 Å². The van der Waals surface area contributed by atoms with Crippen LogP contribution in [0.4, 0.5) is 5.69 Å². The van der Waals surface area contributed by atoms with Crippen LogP contribution < -0.4 is 21.1 Å². The first-order chi connectivity index (χ1) is 16.1. The minimum Gasteiger partial charge on any atom is -0.381 e. The number of aromatic nitrogens is 2. The third-order valence-electron chi connectivity index (χ3n) is 7.08. The van der Waals surface area contributed by atoms with Crippen molar-refractivity contribution in [1.82, 2.24) is 20.2 Å². The van der Waals surface area contributed by atoms with Gasteiger partial charge in [-0.25, -0.2) is 4.98 Å². The van der Waals surface area contributed by atoms with Crippen LogP contribution in [0.3, 0.4) is 0 Å². The zero-order valence-corrected chi connectivity index (χ0v) is 18.5. The maximum absolute atomic E-state index is 13.5. The highest BCUT2D eigenvalue weighted by atomic mass is 16.3. The van der Waals surface area contributed by atoms with E-state index in [0.717, 1.165) is 0 Å². The number of hydrogen-bond acceptors (Lipinski definition) is 7. The van der Waals surface area contributed by atoms with Crippen LogP contribution in [0.25, 0.3) is 10.9 Å². The van der Waals surface area contributed by atoms with Crippen LogP contribution in [0.1, 0.15) is 37.7 Å². The first-order valence-corrected chi connectivity index (χ1v) is 11.1. The molecule has 6 rings (SSSR count). The quantitative estimate of drug-likeness (QED) is 0.427. The molecule has 3 aliphatic rings. The van der Waals surface area contributed by atoms with E-state index in [1.807, 2.05) is 0 Å². The van der Waals surface area contributed by atoms with Gasteiger partial charge < -0.3 is 15.5 Å². The molecule has 0 unspecified atom stereocenters. The molecular formula is C24H23N5O5. The average Bonchev–Trinajstić information content (AvgIpc) is 3.23. The number of anilines is 1. The number of hydrogen-bond donors (Lipinski definition) is 4. The SMILES string of the molecule is C[C@@H]1N[C@H]2N(C1=O)c1ccccc1[C@@]2(O)C[C@@H]1C(=O)N[C@](C)(O)c2nc3ccccc3c(=O)n21. The van der Waals surface area contributed by atoms with E-state index in [-0.39, 0.29) is 18.2 Å². The highest BCUT2D eigenvalue weighted by Gasteiger charge is 2.59. The van der Waals surface area contributed by atoms with Crippen molar-refractivity contribution < 1.29 is 19.8 Å². The summed E-state index contributed by atoms with van der Waals surface area (Å²) < 4.78 is 1.17. The van der Waals surface area contributed by atoms with E-state index in [1.165, 1.54) is 16.4 Å². The first-order valence-electron chi connectivity index (χ1n) is 11.1. The number of carbonyl (C=O) groups is 2. The second-order valence-corrected chi connectivity index (χ2v) is 9.35. The molecule has 0 spiro atoms. The smallest absolute Gasteiger partial charge is 0.262 e. The van der Waals surface area contributed by atoms with Gasteiger partial charge in [-0.1, -0.05) is 30.3 Å². The molecule has 0 bridgehead atoms. The molecule has 10 heteroatoms. The van der Waals surface area contributed by atoms with Crippen LogP contribution in [-0.4, -0.2) is 43.8 Å². The number of aliphatic hydroxyl groups is 2. The lowest BCUT2D eigenvalue weighted by Gasteiger charge is -2.40. The maximum Gasteiger partial charge on any atom is 0.262 e. The summed E-state index contributed by atoms with van der Waals surface area (Å²) in [5.74, 6) is -0.829. The summed E-state index contributed by atoms with van der Waals surface area (Å²) >= 11 is 0. The Kier molecular flexibility index (Phi) is 4.14. The molecule has 3 aliphatic heterocycles. The van der Waals surface area contributed by atoms with Crippen molar-refractivity contribution in [2.24, 2.45) is 0 Å². The Morgan fingerprint density at radius 3 is 2.56 bits per heavy atom. The number of para-hydroxylation sites is 2. The fourth-order valence-electron chi connectivity index (χ4n) is 5.50. The fraction of sp³-hybridized carbons (Fsp3) is 0.333. The summed E-state index contributed by atoms with van der Waals surface area (Å²) in [6.45, 7) is 3.07. The molecular weight excluding hydrogens is 438 g/mol. The van der Waals surface area contributed by atoms with Crippen LogP contribution in [0.15, 0.2) is 53.3 Å². The molecule has 2 amide bonds. The van der Waals surface area contributed by atoms with Gasteiger partial charge >= 0.3 is 0 Å². The summed E-state index contributed by atoms with van der Waals surface area (Å²) in [5, 5.41) is 28.9.